The van der Waals surface area contributed by atoms with Crippen LogP contribution in [0.1, 0.15) is 18.1 Å². The van der Waals surface area contributed by atoms with E-state index in [2.05, 4.69) is 4.98 Å². The zero-order chi connectivity index (χ0) is 14.8. The standard InChI is InChI=1S/C15H15F3N2/c1-10(19)9-11-4-6-12(7-5-11)14-13(15(16,17)18)3-2-8-20-14/h2-8,10H,9,19H2,1H3. The van der Waals surface area contributed by atoms with Gasteiger partial charge in [-0.25, -0.2) is 0 Å². The summed E-state index contributed by atoms with van der Waals surface area (Å²) in [7, 11) is 0. The molecule has 0 spiro atoms. The van der Waals surface area contributed by atoms with Crippen LogP contribution in [0, 0.1) is 0 Å². The number of alkyl halides is 3. The second kappa shape index (κ2) is 5.63. The zero-order valence-electron chi connectivity index (χ0n) is 11.0. The second-order valence-electron chi connectivity index (χ2n) is 4.78. The molecule has 0 aliphatic rings. The lowest BCUT2D eigenvalue weighted by Crippen LogP contribution is -2.17. The van der Waals surface area contributed by atoms with Crippen LogP contribution in [0.2, 0.25) is 0 Å². The van der Waals surface area contributed by atoms with Crippen molar-refractivity contribution in [1.82, 2.24) is 4.98 Å². The summed E-state index contributed by atoms with van der Waals surface area (Å²) in [6, 6.07) is 9.21. The molecule has 20 heavy (non-hydrogen) atoms. The third-order valence-electron chi connectivity index (χ3n) is 2.90. The topological polar surface area (TPSA) is 38.9 Å². The minimum absolute atomic E-state index is 0.0152. The maximum Gasteiger partial charge on any atom is 0.418 e. The maximum atomic E-state index is 12.9. The van der Waals surface area contributed by atoms with Crippen LogP contribution < -0.4 is 5.73 Å². The van der Waals surface area contributed by atoms with E-state index >= 15 is 0 Å². The molecular weight excluding hydrogens is 265 g/mol. The van der Waals surface area contributed by atoms with Crippen molar-refractivity contribution >= 4 is 0 Å². The predicted molar refractivity (Wildman–Crippen MR) is 72.0 cm³/mol. The number of aromatic nitrogens is 1. The fraction of sp³-hybridized carbons (Fsp3) is 0.267. The molecule has 0 saturated carbocycles. The molecular formula is C15H15F3N2. The van der Waals surface area contributed by atoms with Gasteiger partial charge >= 0.3 is 6.18 Å². The molecule has 0 saturated heterocycles. The van der Waals surface area contributed by atoms with Crippen LogP contribution in [0.25, 0.3) is 11.3 Å². The average Bonchev–Trinajstić information content (AvgIpc) is 2.38. The smallest absolute Gasteiger partial charge is 0.328 e. The molecule has 0 fully saturated rings. The lowest BCUT2D eigenvalue weighted by atomic mass is 10.0. The highest BCUT2D eigenvalue weighted by atomic mass is 19.4. The van der Waals surface area contributed by atoms with Gasteiger partial charge in [0.25, 0.3) is 0 Å². The number of rotatable bonds is 3. The monoisotopic (exact) mass is 280 g/mol. The van der Waals surface area contributed by atoms with Crippen molar-refractivity contribution in [2.75, 3.05) is 0 Å². The summed E-state index contributed by atoms with van der Waals surface area (Å²) in [5.41, 5.74) is 6.37. The Morgan fingerprint density at radius 3 is 2.35 bits per heavy atom. The van der Waals surface area contributed by atoms with Crippen LogP contribution in [0.15, 0.2) is 42.6 Å². The average molecular weight is 280 g/mol. The quantitative estimate of drug-likeness (QED) is 0.932. The Morgan fingerprint density at radius 1 is 1.15 bits per heavy atom. The van der Waals surface area contributed by atoms with Gasteiger partial charge in [0.1, 0.15) is 0 Å². The molecule has 0 aliphatic heterocycles. The van der Waals surface area contributed by atoms with Crippen molar-refractivity contribution in [2.45, 2.75) is 25.6 Å². The van der Waals surface area contributed by atoms with Crippen molar-refractivity contribution in [3.05, 3.63) is 53.7 Å². The Morgan fingerprint density at radius 2 is 1.80 bits per heavy atom. The molecule has 1 aromatic heterocycles. The number of benzene rings is 1. The van der Waals surface area contributed by atoms with E-state index in [9.17, 15) is 13.2 Å². The summed E-state index contributed by atoms with van der Waals surface area (Å²) in [6.07, 6.45) is -2.36. The molecule has 0 amide bonds. The van der Waals surface area contributed by atoms with E-state index < -0.39 is 11.7 Å². The van der Waals surface area contributed by atoms with Crippen molar-refractivity contribution < 1.29 is 13.2 Å². The van der Waals surface area contributed by atoms with Gasteiger partial charge in [-0.3, -0.25) is 4.98 Å². The molecule has 2 aromatic rings. The molecule has 2 nitrogen and oxygen atoms in total. The van der Waals surface area contributed by atoms with Crippen LogP contribution in [-0.4, -0.2) is 11.0 Å². The van der Waals surface area contributed by atoms with Gasteiger partial charge in [0.2, 0.25) is 0 Å². The molecule has 2 N–H and O–H groups in total. The maximum absolute atomic E-state index is 12.9. The first-order valence-corrected chi connectivity index (χ1v) is 6.25. The Labute approximate surface area is 115 Å². The Kier molecular flexibility index (Phi) is 4.09. The van der Waals surface area contributed by atoms with Crippen molar-refractivity contribution in [3.63, 3.8) is 0 Å². The molecule has 2 rings (SSSR count). The van der Waals surface area contributed by atoms with Gasteiger partial charge in [-0.2, -0.15) is 13.2 Å². The Balaban J connectivity index is 2.37. The molecule has 1 heterocycles. The van der Waals surface area contributed by atoms with Gasteiger partial charge in [-0.05, 0) is 31.0 Å². The lowest BCUT2D eigenvalue weighted by molar-refractivity contribution is -0.137. The fourth-order valence-corrected chi connectivity index (χ4v) is 2.03. The zero-order valence-corrected chi connectivity index (χ0v) is 11.0. The molecule has 0 radical (unpaired) electrons. The highest BCUT2D eigenvalue weighted by Gasteiger charge is 2.34. The first-order valence-electron chi connectivity index (χ1n) is 6.25. The molecule has 5 heteroatoms. The minimum atomic E-state index is -4.41. The van der Waals surface area contributed by atoms with Gasteiger partial charge in [0.05, 0.1) is 11.3 Å². The second-order valence-corrected chi connectivity index (χ2v) is 4.78. The normalized spacial score (nSPS) is 13.2. The van der Waals surface area contributed by atoms with E-state index in [1.807, 2.05) is 6.92 Å². The highest BCUT2D eigenvalue weighted by molar-refractivity contribution is 5.64. The van der Waals surface area contributed by atoms with Gasteiger partial charge in [0, 0.05) is 17.8 Å². The summed E-state index contributed by atoms with van der Waals surface area (Å²) in [5, 5.41) is 0. The summed E-state index contributed by atoms with van der Waals surface area (Å²) in [5.74, 6) is 0. The minimum Gasteiger partial charge on any atom is -0.328 e. The number of nitrogens with two attached hydrogens (primary N) is 1. The van der Waals surface area contributed by atoms with Crippen LogP contribution in [-0.2, 0) is 12.6 Å². The summed E-state index contributed by atoms with van der Waals surface area (Å²) in [4.78, 5) is 3.86. The third kappa shape index (κ3) is 3.36. The summed E-state index contributed by atoms with van der Waals surface area (Å²) < 4.78 is 38.8. The summed E-state index contributed by atoms with van der Waals surface area (Å²) in [6.45, 7) is 1.88. The van der Waals surface area contributed by atoms with Gasteiger partial charge in [-0.1, -0.05) is 24.3 Å². The number of hydrogen-bond donors (Lipinski definition) is 1. The highest BCUT2D eigenvalue weighted by Crippen LogP contribution is 2.35. The van der Waals surface area contributed by atoms with Crippen LogP contribution in [0.3, 0.4) is 0 Å². The van der Waals surface area contributed by atoms with E-state index in [0.29, 0.717) is 12.0 Å². The molecule has 0 bridgehead atoms. The van der Waals surface area contributed by atoms with Crippen LogP contribution >= 0.6 is 0 Å². The van der Waals surface area contributed by atoms with Crippen molar-refractivity contribution in [2.24, 2.45) is 5.73 Å². The van der Waals surface area contributed by atoms with Crippen LogP contribution in [0.5, 0.6) is 0 Å². The predicted octanol–water partition coefficient (Wildman–Crippen LogP) is 3.66. The number of nitrogens with zero attached hydrogens (tertiary/aromatic N) is 1. The Bertz CT molecular complexity index is 574. The number of pyridine rings is 1. The van der Waals surface area contributed by atoms with E-state index in [0.717, 1.165) is 11.6 Å². The van der Waals surface area contributed by atoms with E-state index in [1.165, 1.54) is 12.3 Å². The Hall–Kier alpha value is -1.88. The fourth-order valence-electron chi connectivity index (χ4n) is 2.03. The van der Waals surface area contributed by atoms with Crippen molar-refractivity contribution in [3.8, 4) is 11.3 Å². The SMILES string of the molecule is CC(N)Cc1ccc(-c2ncccc2C(F)(F)F)cc1. The largest absolute Gasteiger partial charge is 0.418 e. The molecule has 1 aromatic carbocycles. The first-order chi connectivity index (χ1) is 9.38. The van der Waals surface area contributed by atoms with E-state index in [4.69, 9.17) is 5.73 Å². The molecule has 106 valence electrons. The summed E-state index contributed by atoms with van der Waals surface area (Å²) >= 11 is 0. The van der Waals surface area contributed by atoms with Crippen LogP contribution in [0.4, 0.5) is 13.2 Å². The number of hydrogen-bond acceptors (Lipinski definition) is 2. The number of halogens is 3. The van der Waals surface area contributed by atoms with Gasteiger partial charge in [-0.15, -0.1) is 0 Å². The first kappa shape index (κ1) is 14.5. The molecule has 0 aliphatic carbocycles. The van der Waals surface area contributed by atoms with E-state index in [-0.39, 0.29) is 11.7 Å². The molecule has 1 atom stereocenters. The van der Waals surface area contributed by atoms with E-state index in [1.54, 1.807) is 24.3 Å². The van der Waals surface area contributed by atoms with Crippen molar-refractivity contribution in [1.29, 1.82) is 0 Å². The van der Waals surface area contributed by atoms with Gasteiger partial charge in [0.15, 0.2) is 0 Å². The molecule has 1 unspecified atom stereocenters. The van der Waals surface area contributed by atoms with Gasteiger partial charge < -0.3 is 5.73 Å². The lowest BCUT2D eigenvalue weighted by Gasteiger charge is -2.12. The third-order valence-corrected chi connectivity index (χ3v) is 2.90.